The van der Waals surface area contributed by atoms with Gasteiger partial charge in [-0.1, -0.05) is 0 Å². The summed E-state index contributed by atoms with van der Waals surface area (Å²) in [7, 11) is 0. The van der Waals surface area contributed by atoms with Crippen molar-refractivity contribution < 1.29 is 14.6 Å². The molecular weight excluding hydrogens is 132 g/mol. The molecule has 0 saturated carbocycles. The normalized spacial score (nSPS) is 13.9. The molecule has 10 heavy (non-hydrogen) atoms. The van der Waals surface area contributed by atoms with Crippen LogP contribution in [0.3, 0.4) is 0 Å². The number of ether oxygens (including phenoxy) is 1. The molecule has 1 N–H and O–H groups in total. The fourth-order valence-electron chi connectivity index (χ4n) is 0.459. The molecule has 0 spiro atoms. The molecule has 0 aliphatic carbocycles. The van der Waals surface area contributed by atoms with E-state index in [1.165, 1.54) is 5.57 Å². The number of carbonyl (C=O) groups is 1. The highest BCUT2D eigenvalue weighted by atomic mass is 16.5. The number of hydrogen-bond donors (Lipinski definition) is 1. The van der Waals surface area contributed by atoms with Crippen molar-refractivity contribution in [1.82, 2.24) is 0 Å². The minimum absolute atomic E-state index is 0.250. The third kappa shape index (κ3) is 4.90. The quantitative estimate of drug-likeness (QED) is 0.516. The number of hydrogen-bond acceptors (Lipinski definition) is 2. The fraction of sp³-hybridized carbons (Fsp3) is 0.286. The van der Waals surface area contributed by atoms with E-state index in [1.807, 2.05) is 12.2 Å². The summed E-state index contributed by atoms with van der Waals surface area (Å²) in [6.45, 7) is 2.54. The first-order valence-electron chi connectivity index (χ1n) is 2.84. The lowest BCUT2D eigenvalue weighted by Gasteiger charge is -2.00. The standard InChI is InChI=1S/C6H8O.CH2O2/c1-6-2-4-7-5-3-6;2-1-3/h2-4H,5H2,1H3;1H,(H,2,3). The van der Waals surface area contributed by atoms with Gasteiger partial charge in [0.15, 0.2) is 0 Å². The van der Waals surface area contributed by atoms with Crippen LogP contribution in [0.4, 0.5) is 0 Å². The van der Waals surface area contributed by atoms with Crippen LogP contribution in [0.2, 0.25) is 0 Å². The summed E-state index contributed by atoms with van der Waals surface area (Å²) < 4.78 is 4.88. The lowest BCUT2D eigenvalue weighted by atomic mass is 10.3. The molecule has 0 bridgehead atoms. The second-order valence-electron chi connectivity index (χ2n) is 1.69. The Bertz CT molecular complexity index is 147. The Morgan fingerprint density at radius 3 is 2.60 bits per heavy atom. The number of allylic oxidation sites excluding steroid dienone is 2. The van der Waals surface area contributed by atoms with E-state index < -0.39 is 0 Å². The van der Waals surface area contributed by atoms with Crippen LogP contribution in [-0.4, -0.2) is 18.2 Å². The zero-order valence-corrected chi connectivity index (χ0v) is 5.78. The lowest BCUT2D eigenvalue weighted by Crippen LogP contribution is -1.87. The van der Waals surface area contributed by atoms with Crippen molar-refractivity contribution >= 4 is 6.47 Å². The van der Waals surface area contributed by atoms with E-state index >= 15 is 0 Å². The maximum atomic E-state index is 8.36. The Morgan fingerprint density at radius 1 is 1.80 bits per heavy atom. The van der Waals surface area contributed by atoms with Gasteiger partial charge in [-0.05, 0) is 24.6 Å². The minimum Gasteiger partial charge on any atom is -0.497 e. The Kier molecular flexibility index (Phi) is 5.14. The average molecular weight is 142 g/mol. The fourth-order valence-corrected chi connectivity index (χ4v) is 0.459. The molecule has 0 aromatic rings. The Balaban J connectivity index is 0.000000236. The molecule has 0 atom stereocenters. The van der Waals surface area contributed by atoms with E-state index in [4.69, 9.17) is 14.6 Å². The maximum absolute atomic E-state index is 8.36. The van der Waals surface area contributed by atoms with E-state index in [0.29, 0.717) is 0 Å². The van der Waals surface area contributed by atoms with Crippen molar-refractivity contribution in [2.75, 3.05) is 6.61 Å². The first-order valence-corrected chi connectivity index (χ1v) is 2.84. The van der Waals surface area contributed by atoms with E-state index in [0.717, 1.165) is 6.61 Å². The van der Waals surface area contributed by atoms with Gasteiger partial charge < -0.3 is 9.84 Å². The average Bonchev–Trinajstić information content (AvgIpc) is 1.91. The maximum Gasteiger partial charge on any atom is 0.290 e. The summed E-state index contributed by atoms with van der Waals surface area (Å²) in [5.74, 6) is 0. The zero-order valence-electron chi connectivity index (χ0n) is 5.78. The summed E-state index contributed by atoms with van der Waals surface area (Å²) in [5, 5.41) is 6.89. The van der Waals surface area contributed by atoms with Crippen LogP contribution in [-0.2, 0) is 9.53 Å². The smallest absolute Gasteiger partial charge is 0.290 e. The Labute approximate surface area is 59.6 Å². The third-order valence-corrected chi connectivity index (χ3v) is 0.929. The van der Waals surface area contributed by atoms with Crippen molar-refractivity contribution in [1.29, 1.82) is 0 Å². The van der Waals surface area contributed by atoms with Crippen LogP contribution in [0, 0.1) is 0 Å². The molecule has 1 aliphatic rings. The molecule has 56 valence electrons. The van der Waals surface area contributed by atoms with Gasteiger partial charge in [-0.3, -0.25) is 4.79 Å². The van der Waals surface area contributed by atoms with Crippen LogP contribution in [0.1, 0.15) is 6.92 Å². The van der Waals surface area contributed by atoms with Gasteiger partial charge >= 0.3 is 0 Å². The highest BCUT2D eigenvalue weighted by Gasteiger charge is 1.85. The number of carboxylic acid groups (broad SMARTS) is 1. The second kappa shape index (κ2) is 5.88. The van der Waals surface area contributed by atoms with E-state index in [9.17, 15) is 0 Å². The first kappa shape index (κ1) is 8.75. The molecule has 0 saturated heterocycles. The Hall–Kier alpha value is -1.25. The van der Waals surface area contributed by atoms with Crippen molar-refractivity contribution in [3.63, 3.8) is 0 Å². The van der Waals surface area contributed by atoms with Crippen molar-refractivity contribution in [3.05, 3.63) is 24.0 Å². The monoisotopic (exact) mass is 142 g/mol. The predicted molar refractivity (Wildman–Crippen MR) is 37.5 cm³/mol. The number of rotatable bonds is 0. The van der Waals surface area contributed by atoms with Gasteiger partial charge in [0.2, 0.25) is 0 Å². The van der Waals surface area contributed by atoms with Crippen molar-refractivity contribution in [3.8, 4) is 0 Å². The first-order chi connectivity index (χ1) is 4.81. The second-order valence-corrected chi connectivity index (χ2v) is 1.69. The predicted octanol–water partition coefficient (Wildman–Crippen LogP) is 1.18. The summed E-state index contributed by atoms with van der Waals surface area (Å²) in [5.41, 5.74) is 1.28. The van der Waals surface area contributed by atoms with Crippen LogP contribution in [0.25, 0.3) is 0 Å². The molecule has 3 nitrogen and oxygen atoms in total. The highest BCUT2D eigenvalue weighted by Crippen LogP contribution is 1.99. The van der Waals surface area contributed by atoms with Gasteiger partial charge in [0.1, 0.15) is 6.61 Å². The molecule has 1 aliphatic heterocycles. The molecule has 0 aromatic heterocycles. The van der Waals surface area contributed by atoms with Gasteiger partial charge in [-0.25, -0.2) is 0 Å². The third-order valence-electron chi connectivity index (χ3n) is 0.929. The summed E-state index contributed by atoms with van der Waals surface area (Å²) >= 11 is 0. The van der Waals surface area contributed by atoms with Gasteiger partial charge in [-0.2, -0.15) is 0 Å². The molecule has 3 heteroatoms. The van der Waals surface area contributed by atoms with Crippen LogP contribution in [0.5, 0.6) is 0 Å². The molecule has 0 radical (unpaired) electrons. The summed E-state index contributed by atoms with van der Waals surface area (Å²) in [6.07, 6.45) is 5.71. The van der Waals surface area contributed by atoms with Gasteiger partial charge in [0, 0.05) is 0 Å². The van der Waals surface area contributed by atoms with Gasteiger partial charge in [-0.15, -0.1) is 0 Å². The van der Waals surface area contributed by atoms with E-state index in [1.54, 1.807) is 6.26 Å². The Morgan fingerprint density at radius 2 is 2.40 bits per heavy atom. The van der Waals surface area contributed by atoms with Crippen LogP contribution >= 0.6 is 0 Å². The molecule has 1 heterocycles. The van der Waals surface area contributed by atoms with Crippen LogP contribution < -0.4 is 0 Å². The summed E-state index contributed by atoms with van der Waals surface area (Å²) in [6, 6.07) is 0. The topological polar surface area (TPSA) is 46.5 Å². The molecule has 0 amide bonds. The molecular formula is C7H10O3. The lowest BCUT2D eigenvalue weighted by molar-refractivity contribution is -0.122. The largest absolute Gasteiger partial charge is 0.497 e. The van der Waals surface area contributed by atoms with Gasteiger partial charge in [0.05, 0.1) is 6.26 Å². The van der Waals surface area contributed by atoms with Gasteiger partial charge in [0.25, 0.3) is 6.47 Å². The highest BCUT2D eigenvalue weighted by molar-refractivity contribution is 5.32. The summed E-state index contributed by atoms with van der Waals surface area (Å²) in [4.78, 5) is 8.36. The molecule has 1 rings (SSSR count). The van der Waals surface area contributed by atoms with Crippen LogP contribution in [0.15, 0.2) is 24.0 Å². The molecule has 0 aromatic carbocycles. The van der Waals surface area contributed by atoms with E-state index in [2.05, 4.69) is 6.92 Å². The van der Waals surface area contributed by atoms with Crippen molar-refractivity contribution in [2.24, 2.45) is 0 Å². The zero-order chi connectivity index (χ0) is 7.82. The minimum atomic E-state index is -0.250. The molecule has 0 fully saturated rings. The van der Waals surface area contributed by atoms with E-state index in [-0.39, 0.29) is 6.47 Å². The SMILES string of the molecule is CC1=CCOC=C1.O=CO. The van der Waals surface area contributed by atoms with Crippen molar-refractivity contribution in [2.45, 2.75) is 6.92 Å². The molecule has 0 unspecified atom stereocenters.